The lowest BCUT2D eigenvalue weighted by Crippen LogP contribution is -2.29. The second-order valence-electron chi connectivity index (χ2n) is 4.11. The van der Waals surface area contributed by atoms with E-state index in [0.717, 1.165) is 25.0 Å². The zero-order chi connectivity index (χ0) is 12.8. The topological polar surface area (TPSA) is 46.9 Å². The first-order chi connectivity index (χ1) is 8.08. The van der Waals surface area contributed by atoms with Gasteiger partial charge >= 0.3 is 0 Å². The van der Waals surface area contributed by atoms with Crippen molar-refractivity contribution in [2.75, 3.05) is 6.54 Å². The average Bonchev–Trinajstić information content (AvgIpc) is 2.68. The van der Waals surface area contributed by atoms with Crippen molar-refractivity contribution in [3.63, 3.8) is 0 Å². The highest BCUT2D eigenvalue weighted by Gasteiger charge is 2.14. The fraction of sp³-hybridized carbons (Fsp3) is 0.667. The summed E-state index contributed by atoms with van der Waals surface area (Å²) in [5.74, 6) is -0.0319. The van der Waals surface area contributed by atoms with Gasteiger partial charge in [-0.1, -0.05) is 36.2 Å². The third kappa shape index (κ3) is 4.15. The number of amides is 1. The molecule has 1 atom stereocenters. The van der Waals surface area contributed by atoms with Gasteiger partial charge in [0.15, 0.2) is 0 Å². The van der Waals surface area contributed by atoms with Gasteiger partial charge in [0.05, 0.1) is 11.3 Å². The summed E-state index contributed by atoms with van der Waals surface area (Å²) in [6.07, 6.45) is 4.72. The Hall–Kier alpha value is -0.840. The predicted octanol–water partition coefficient (Wildman–Crippen LogP) is 2.28. The van der Waals surface area contributed by atoms with Gasteiger partial charge in [-0.2, -0.15) is 5.10 Å². The van der Waals surface area contributed by atoms with Gasteiger partial charge in [-0.15, -0.1) is 0 Å². The number of aryl methyl sites for hydroxylation is 2. The predicted molar refractivity (Wildman–Crippen MR) is 72.5 cm³/mol. The summed E-state index contributed by atoms with van der Waals surface area (Å²) >= 11 is 3.54. The lowest BCUT2D eigenvalue weighted by Gasteiger charge is -2.09. The number of carbonyl (C=O) groups excluding carboxylic acids is 1. The average molecular weight is 302 g/mol. The maximum atomic E-state index is 12.0. The molecule has 0 aliphatic heterocycles. The van der Waals surface area contributed by atoms with E-state index in [1.807, 2.05) is 14.0 Å². The molecule has 1 aromatic heterocycles. The van der Waals surface area contributed by atoms with E-state index < -0.39 is 0 Å². The zero-order valence-electron chi connectivity index (χ0n) is 10.7. The second-order valence-corrected chi connectivity index (χ2v) is 5.41. The van der Waals surface area contributed by atoms with Crippen LogP contribution in [-0.4, -0.2) is 27.1 Å². The molecular formula is C12H20BrN3O. The van der Waals surface area contributed by atoms with E-state index in [9.17, 15) is 4.79 Å². The third-order valence-corrected chi connectivity index (χ3v) is 3.35. The van der Waals surface area contributed by atoms with Crippen molar-refractivity contribution in [3.05, 3.63) is 17.5 Å². The molecule has 96 valence electrons. The highest BCUT2D eigenvalue weighted by Crippen LogP contribution is 2.09. The minimum absolute atomic E-state index is 0.0319. The molecule has 0 bridgehead atoms. The molecule has 4 nitrogen and oxygen atoms in total. The molecule has 0 fully saturated rings. The largest absolute Gasteiger partial charge is 0.351 e. The van der Waals surface area contributed by atoms with Crippen molar-refractivity contribution >= 4 is 21.8 Å². The molecule has 0 saturated carbocycles. The number of hydrogen-bond donors (Lipinski definition) is 1. The van der Waals surface area contributed by atoms with Gasteiger partial charge in [0.2, 0.25) is 0 Å². The van der Waals surface area contributed by atoms with Crippen LogP contribution in [0.5, 0.6) is 0 Å². The van der Waals surface area contributed by atoms with Crippen LogP contribution in [0.4, 0.5) is 0 Å². The van der Waals surface area contributed by atoms with Crippen molar-refractivity contribution in [1.29, 1.82) is 0 Å². The van der Waals surface area contributed by atoms with Crippen LogP contribution in [0.15, 0.2) is 6.20 Å². The van der Waals surface area contributed by atoms with Crippen LogP contribution in [0.3, 0.4) is 0 Å². The zero-order valence-corrected chi connectivity index (χ0v) is 12.2. The van der Waals surface area contributed by atoms with Crippen LogP contribution >= 0.6 is 15.9 Å². The number of alkyl halides is 1. The number of carbonyl (C=O) groups is 1. The number of nitrogens with zero attached hydrogens (tertiary/aromatic N) is 2. The Morgan fingerprint density at radius 3 is 2.88 bits per heavy atom. The summed E-state index contributed by atoms with van der Waals surface area (Å²) in [6, 6.07) is 0. The Labute approximate surface area is 111 Å². The van der Waals surface area contributed by atoms with Gasteiger partial charge in [0.25, 0.3) is 5.91 Å². The lowest BCUT2D eigenvalue weighted by atomic mass is 10.2. The van der Waals surface area contributed by atoms with Crippen LogP contribution in [0.25, 0.3) is 0 Å². The summed E-state index contributed by atoms with van der Waals surface area (Å²) in [7, 11) is 1.83. The first kappa shape index (κ1) is 14.2. The maximum Gasteiger partial charge on any atom is 0.254 e. The molecule has 1 unspecified atom stereocenters. The number of rotatable bonds is 6. The molecule has 17 heavy (non-hydrogen) atoms. The SMILES string of the molecule is CCCC(Br)CNC(=O)c1cn(C)nc1CC. The fourth-order valence-electron chi connectivity index (χ4n) is 1.70. The summed E-state index contributed by atoms with van der Waals surface area (Å²) in [5, 5.41) is 7.19. The smallest absolute Gasteiger partial charge is 0.254 e. The van der Waals surface area contributed by atoms with Crippen LogP contribution in [0.1, 0.15) is 42.7 Å². The quantitative estimate of drug-likeness (QED) is 0.820. The molecular weight excluding hydrogens is 282 g/mol. The molecule has 1 rings (SSSR count). The van der Waals surface area contributed by atoms with E-state index in [-0.39, 0.29) is 5.91 Å². The molecule has 5 heteroatoms. The molecule has 0 spiro atoms. The normalized spacial score (nSPS) is 12.5. The first-order valence-corrected chi connectivity index (χ1v) is 6.94. The Morgan fingerprint density at radius 2 is 2.29 bits per heavy atom. The summed E-state index contributed by atoms with van der Waals surface area (Å²) in [4.78, 5) is 12.3. The number of aromatic nitrogens is 2. The van der Waals surface area contributed by atoms with Crippen molar-refractivity contribution in [3.8, 4) is 0 Å². The molecule has 0 aromatic carbocycles. The van der Waals surface area contributed by atoms with E-state index in [2.05, 4.69) is 33.3 Å². The minimum atomic E-state index is -0.0319. The molecule has 0 radical (unpaired) electrons. The molecule has 1 amide bonds. The maximum absolute atomic E-state index is 12.0. The Balaban J connectivity index is 2.57. The molecule has 1 aromatic rings. The van der Waals surface area contributed by atoms with Crippen molar-refractivity contribution < 1.29 is 4.79 Å². The highest BCUT2D eigenvalue weighted by molar-refractivity contribution is 9.09. The van der Waals surface area contributed by atoms with Crippen LogP contribution in [0, 0.1) is 0 Å². The van der Waals surface area contributed by atoms with Gasteiger partial charge in [0, 0.05) is 24.6 Å². The van der Waals surface area contributed by atoms with E-state index in [1.54, 1.807) is 10.9 Å². The Kier molecular flexibility index (Phi) is 5.68. The Morgan fingerprint density at radius 1 is 1.59 bits per heavy atom. The summed E-state index contributed by atoms with van der Waals surface area (Å²) < 4.78 is 1.69. The van der Waals surface area contributed by atoms with Crippen molar-refractivity contribution in [1.82, 2.24) is 15.1 Å². The van der Waals surface area contributed by atoms with Crippen molar-refractivity contribution in [2.24, 2.45) is 7.05 Å². The van der Waals surface area contributed by atoms with Gasteiger partial charge in [0.1, 0.15) is 0 Å². The Bertz CT molecular complexity index is 376. The molecule has 0 aliphatic rings. The van der Waals surface area contributed by atoms with Gasteiger partial charge in [-0.3, -0.25) is 9.48 Å². The third-order valence-electron chi connectivity index (χ3n) is 2.57. The lowest BCUT2D eigenvalue weighted by molar-refractivity contribution is 0.0952. The standard InChI is InChI=1S/C12H20BrN3O/c1-4-6-9(13)7-14-12(17)10-8-16(3)15-11(10)5-2/h8-9H,4-7H2,1-3H3,(H,14,17). The fourth-order valence-corrected chi connectivity index (χ4v) is 2.32. The number of nitrogens with one attached hydrogen (secondary N) is 1. The van der Waals surface area contributed by atoms with Gasteiger partial charge in [-0.25, -0.2) is 0 Å². The van der Waals surface area contributed by atoms with Crippen LogP contribution in [-0.2, 0) is 13.5 Å². The molecule has 0 saturated heterocycles. The first-order valence-electron chi connectivity index (χ1n) is 6.03. The molecule has 1 heterocycles. The molecule has 1 N–H and O–H groups in total. The monoisotopic (exact) mass is 301 g/mol. The second kappa shape index (κ2) is 6.79. The molecule has 0 aliphatic carbocycles. The minimum Gasteiger partial charge on any atom is -0.351 e. The number of halogens is 1. The van der Waals surface area contributed by atoms with Gasteiger partial charge in [-0.05, 0) is 12.8 Å². The van der Waals surface area contributed by atoms with Crippen molar-refractivity contribution in [2.45, 2.75) is 37.9 Å². The highest BCUT2D eigenvalue weighted by atomic mass is 79.9. The van der Waals surface area contributed by atoms with Crippen LogP contribution < -0.4 is 5.32 Å². The van der Waals surface area contributed by atoms with E-state index >= 15 is 0 Å². The van der Waals surface area contributed by atoms with Crippen LogP contribution in [0.2, 0.25) is 0 Å². The van der Waals surface area contributed by atoms with E-state index in [0.29, 0.717) is 16.9 Å². The van der Waals surface area contributed by atoms with E-state index in [1.165, 1.54) is 0 Å². The number of hydrogen-bond acceptors (Lipinski definition) is 2. The van der Waals surface area contributed by atoms with Gasteiger partial charge < -0.3 is 5.32 Å². The summed E-state index contributed by atoms with van der Waals surface area (Å²) in [6.45, 7) is 4.79. The van der Waals surface area contributed by atoms with E-state index in [4.69, 9.17) is 0 Å². The summed E-state index contributed by atoms with van der Waals surface area (Å²) in [5.41, 5.74) is 1.54.